The van der Waals surface area contributed by atoms with E-state index < -0.39 is 23.2 Å². The molecule has 0 aromatic rings. The summed E-state index contributed by atoms with van der Waals surface area (Å²) in [7, 11) is 0. The van der Waals surface area contributed by atoms with Crippen molar-refractivity contribution in [3.8, 4) is 0 Å². The van der Waals surface area contributed by atoms with E-state index in [4.69, 9.17) is 15.2 Å². The lowest BCUT2D eigenvalue weighted by Gasteiger charge is -2.22. The molecule has 0 unspecified atom stereocenters. The summed E-state index contributed by atoms with van der Waals surface area (Å²) >= 11 is 0. The lowest BCUT2D eigenvalue weighted by molar-refractivity contribution is -0.156. The normalized spacial score (nSPS) is 12.8. The number of nitrogens with one attached hydrogen (secondary N) is 2. The summed E-state index contributed by atoms with van der Waals surface area (Å²) in [6, 6.07) is -0.778. The summed E-state index contributed by atoms with van der Waals surface area (Å²) in [5.41, 5.74) is 4.73. The molecule has 0 aromatic carbocycles. The van der Waals surface area contributed by atoms with Crippen LogP contribution < -0.4 is 16.4 Å². The number of nitrogens with two attached hydrogens (primary N) is 1. The SMILES string of the molecule is CC(C)(C)OC(=O)NCCCCCCCCNC(=O)CC[C@H](N)C(=O)OC(C)(C)C. The van der Waals surface area contributed by atoms with Gasteiger partial charge < -0.3 is 25.8 Å². The van der Waals surface area contributed by atoms with E-state index in [9.17, 15) is 14.4 Å². The quantitative estimate of drug-likeness (QED) is 0.305. The highest BCUT2D eigenvalue weighted by Crippen LogP contribution is 2.10. The molecule has 30 heavy (non-hydrogen) atoms. The van der Waals surface area contributed by atoms with Crippen molar-refractivity contribution in [1.29, 1.82) is 0 Å². The number of ether oxygens (including phenoxy) is 2. The molecule has 0 heterocycles. The predicted molar refractivity (Wildman–Crippen MR) is 118 cm³/mol. The Kier molecular flexibility index (Phi) is 13.4. The molecule has 0 saturated carbocycles. The third-order valence-electron chi connectivity index (χ3n) is 3.99. The lowest BCUT2D eigenvalue weighted by Crippen LogP contribution is -2.38. The third-order valence-corrected chi connectivity index (χ3v) is 3.99. The van der Waals surface area contributed by atoms with Gasteiger partial charge in [0.15, 0.2) is 0 Å². The Balaban J connectivity index is 3.57. The van der Waals surface area contributed by atoms with Crippen LogP contribution in [0.2, 0.25) is 0 Å². The minimum absolute atomic E-state index is 0.0952. The van der Waals surface area contributed by atoms with Gasteiger partial charge in [-0.2, -0.15) is 0 Å². The number of alkyl carbamates (subject to hydrolysis) is 1. The molecule has 0 bridgehead atoms. The molecule has 4 N–H and O–H groups in total. The van der Waals surface area contributed by atoms with Gasteiger partial charge in [-0.3, -0.25) is 9.59 Å². The van der Waals surface area contributed by atoms with Crippen LogP contribution in [0.3, 0.4) is 0 Å². The van der Waals surface area contributed by atoms with Gasteiger partial charge in [0.25, 0.3) is 0 Å². The van der Waals surface area contributed by atoms with Crippen LogP contribution in [0.15, 0.2) is 0 Å². The van der Waals surface area contributed by atoms with Crippen molar-refractivity contribution in [2.45, 2.75) is 110 Å². The van der Waals surface area contributed by atoms with Crippen LogP contribution in [0.1, 0.15) is 92.9 Å². The molecule has 0 aromatic heterocycles. The third kappa shape index (κ3) is 18.2. The zero-order valence-electron chi connectivity index (χ0n) is 19.8. The number of carbonyl (C=O) groups excluding carboxylic acids is 3. The van der Waals surface area contributed by atoms with Gasteiger partial charge in [0.2, 0.25) is 5.91 Å². The molecule has 176 valence electrons. The molecule has 8 heteroatoms. The number of hydrogen-bond donors (Lipinski definition) is 3. The van der Waals surface area contributed by atoms with Crippen molar-refractivity contribution in [2.75, 3.05) is 13.1 Å². The summed E-state index contributed by atoms with van der Waals surface area (Å²) in [6.45, 7) is 12.1. The Hall–Kier alpha value is -1.83. The number of rotatable bonds is 13. The first-order valence-corrected chi connectivity index (χ1v) is 11.0. The maximum absolute atomic E-state index is 11.8. The van der Waals surface area contributed by atoms with E-state index in [0.29, 0.717) is 13.1 Å². The van der Waals surface area contributed by atoms with Gasteiger partial charge in [-0.25, -0.2) is 4.79 Å². The molecule has 0 spiro atoms. The Morgan fingerprint density at radius 3 is 1.73 bits per heavy atom. The van der Waals surface area contributed by atoms with Gasteiger partial charge in [0.05, 0.1) is 0 Å². The van der Waals surface area contributed by atoms with Crippen molar-refractivity contribution in [2.24, 2.45) is 5.73 Å². The van der Waals surface area contributed by atoms with Gasteiger partial charge in [0.1, 0.15) is 17.2 Å². The summed E-state index contributed by atoms with van der Waals surface area (Å²) in [6.07, 6.45) is 6.23. The molecule has 2 amide bonds. The van der Waals surface area contributed by atoms with E-state index in [0.717, 1.165) is 38.5 Å². The van der Waals surface area contributed by atoms with Gasteiger partial charge >= 0.3 is 12.1 Å². The maximum atomic E-state index is 11.8. The molecule has 0 aliphatic carbocycles. The minimum Gasteiger partial charge on any atom is -0.459 e. The smallest absolute Gasteiger partial charge is 0.407 e. The van der Waals surface area contributed by atoms with E-state index >= 15 is 0 Å². The highest BCUT2D eigenvalue weighted by atomic mass is 16.6. The molecule has 0 saturated heterocycles. The average molecular weight is 430 g/mol. The van der Waals surface area contributed by atoms with Crippen molar-refractivity contribution < 1.29 is 23.9 Å². The van der Waals surface area contributed by atoms with Crippen molar-refractivity contribution >= 4 is 18.0 Å². The number of carbonyl (C=O) groups is 3. The zero-order chi connectivity index (χ0) is 23.2. The summed E-state index contributed by atoms with van der Waals surface area (Å²) in [5, 5.41) is 5.61. The fourth-order valence-electron chi connectivity index (χ4n) is 2.56. The van der Waals surface area contributed by atoms with Crippen molar-refractivity contribution in [1.82, 2.24) is 10.6 Å². The first kappa shape index (κ1) is 28.2. The molecule has 0 aliphatic rings. The fraction of sp³-hybridized carbons (Fsp3) is 0.864. The summed E-state index contributed by atoms with van der Waals surface area (Å²) < 4.78 is 10.4. The highest BCUT2D eigenvalue weighted by molar-refractivity contribution is 5.79. The number of amides is 2. The van der Waals surface area contributed by atoms with E-state index in [1.54, 1.807) is 20.8 Å². The number of hydrogen-bond acceptors (Lipinski definition) is 6. The largest absolute Gasteiger partial charge is 0.459 e. The molecular formula is C22H43N3O5. The fourth-order valence-corrected chi connectivity index (χ4v) is 2.56. The maximum Gasteiger partial charge on any atom is 0.407 e. The Morgan fingerprint density at radius 1 is 0.767 bits per heavy atom. The molecule has 1 atom stereocenters. The molecule has 0 fully saturated rings. The molecule has 0 rings (SSSR count). The topological polar surface area (TPSA) is 120 Å². The highest BCUT2D eigenvalue weighted by Gasteiger charge is 2.22. The van der Waals surface area contributed by atoms with Gasteiger partial charge in [0, 0.05) is 19.5 Å². The summed E-state index contributed by atoms with van der Waals surface area (Å²) in [5.74, 6) is -0.571. The Labute approximate surface area is 182 Å². The Morgan fingerprint density at radius 2 is 1.23 bits per heavy atom. The second kappa shape index (κ2) is 14.2. The second-order valence-corrected chi connectivity index (χ2v) is 9.58. The van der Waals surface area contributed by atoms with Crippen LogP contribution in [0.5, 0.6) is 0 Å². The first-order chi connectivity index (χ1) is 13.8. The number of esters is 1. The standard InChI is InChI=1S/C22H43N3O5/c1-21(2,3)29-19(27)17(23)13-14-18(26)24-15-11-9-7-8-10-12-16-25-20(28)30-22(4,5)6/h17H,7-16,23H2,1-6H3,(H,24,26)(H,25,28)/t17-/m0/s1. The van der Waals surface area contributed by atoms with Crippen LogP contribution in [0, 0.1) is 0 Å². The first-order valence-electron chi connectivity index (χ1n) is 11.0. The van der Waals surface area contributed by atoms with Crippen LogP contribution in [-0.4, -0.2) is 48.3 Å². The van der Waals surface area contributed by atoms with E-state index in [1.807, 2.05) is 20.8 Å². The van der Waals surface area contributed by atoms with Gasteiger partial charge in [-0.15, -0.1) is 0 Å². The van der Waals surface area contributed by atoms with Gasteiger partial charge in [-0.1, -0.05) is 25.7 Å². The van der Waals surface area contributed by atoms with Crippen LogP contribution in [-0.2, 0) is 19.1 Å². The van der Waals surface area contributed by atoms with Gasteiger partial charge in [-0.05, 0) is 60.8 Å². The Bertz CT molecular complexity index is 524. The van der Waals surface area contributed by atoms with Crippen molar-refractivity contribution in [3.05, 3.63) is 0 Å². The summed E-state index contributed by atoms with van der Waals surface area (Å²) in [4.78, 5) is 35.1. The molecular weight excluding hydrogens is 386 g/mol. The molecule has 0 aliphatic heterocycles. The van der Waals surface area contributed by atoms with Crippen LogP contribution in [0.4, 0.5) is 4.79 Å². The molecule has 0 radical (unpaired) electrons. The second-order valence-electron chi connectivity index (χ2n) is 9.58. The monoisotopic (exact) mass is 429 g/mol. The van der Waals surface area contributed by atoms with E-state index in [1.165, 1.54) is 0 Å². The molecule has 8 nitrogen and oxygen atoms in total. The van der Waals surface area contributed by atoms with E-state index in [-0.39, 0.29) is 24.8 Å². The predicted octanol–water partition coefficient (Wildman–Crippen LogP) is 3.42. The number of unbranched alkanes of at least 4 members (excludes halogenated alkanes) is 5. The zero-order valence-corrected chi connectivity index (χ0v) is 19.8. The lowest BCUT2D eigenvalue weighted by atomic mass is 10.1. The average Bonchev–Trinajstić information content (AvgIpc) is 2.58. The van der Waals surface area contributed by atoms with Crippen LogP contribution in [0.25, 0.3) is 0 Å². The van der Waals surface area contributed by atoms with E-state index in [2.05, 4.69) is 10.6 Å². The van der Waals surface area contributed by atoms with Crippen LogP contribution >= 0.6 is 0 Å². The van der Waals surface area contributed by atoms with Crippen molar-refractivity contribution in [3.63, 3.8) is 0 Å². The minimum atomic E-state index is -0.778.